The van der Waals surface area contributed by atoms with Crippen molar-refractivity contribution in [2.75, 3.05) is 5.73 Å². The average Bonchev–Trinajstić information content (AvgIpc) is 2.80. The molecule has 80 valence electrons. The second kappa shape index (κ2) is 2.97. The highest BCUT2D eigenvalue weighted by molar-refractivity contribution is 5.65. The Labute approximate surface area is 89.5 Å². The van der Waals surface area contributed by atoms with Gasteiger partial charge < -0.3 is 5.73 Å². The maximum Gasteiger partial charge on any atom is 0.130 e. The van der Waals surface area contributed by atoms with Gasteiger partial charge in [-0.1, -0.05) is 6.92 Å². The van der Waals surface area contributed by atoms with Crippen molar-refractivity contribution < 1.29 is 4.39 Å². The molecule has 0 aromatic heterocycles. The third kappa shape index (κ3) is 1.08. The summed E-state index contributed by atoms with van der Waals surface area (Å²) in [6, 6.07) is 0. The first-order valence-electron chi connectivity index (χ1n) is 5.81. The van der Waals surface area contributed by atoms with Gasteiger partial charge >= 0.3 is 0 Å². The highest BCUT2D eigenvalue weighted by atomic mass is 19.1. The number of nitrogen functional groups attached to an aromatic ring is 1. The molecule has 0 saturated heterocycles. The van der Waals surface area contributed by atoms with Crippen LogP contribution < -0.4 is 5.73 Å². The lowest BCUT2D eigenvalue weighted by molar-refractivity contribution is 0.598. The summed E-state index contributed by atoms with van der Waals surface area (Å²) in [7, 11) is 0. The summed E-state index contributed by atoms with van der Waals surface area (Å²) in [4.78, 5) is 0. The fraction of sp³-hybridized carbons (Fsp3) is 0.538. The van der Waals surface area contributed by atoms with Crippen LogP contribution in [-0.2, 0) is 19.3 Å². The van der Waals surface area contributed by atoms with E-state index in [4.69, 9.17) is 5.73 Å². The van der Waals surface area contributed by atoms with Crippen LogP contribution in [0.4, 0.5) is 10.1 Å². The number of nitrogens with two attached hydrogens (primary N) is 1. The second-order valence-corrected chi connectivity index (χ2v) is 4.87. The van der Waals surface area contributed by atoms with Crippen molar-refractivity contribution in [3.05, 3.63) is 28.1 Å². The van der Waals surface area contributed by atoms with Gasteiger partial charge in [-0.15, -0.1) is 0 Å². The first-order chi connectivity index (χ1) is 7.20. The van der Waals surface area contributed by atoms with Crippen LogP contribution in [0.3, 0.4) is 0 Å². The van der Waals surface area contributed by atoms with E-state index in [1.807, 2.05) is 0 Å². The van der Waals surface area contributed by atoms with E-state index < -0.39 is 0 Å². The van der Waals surface area contributed by atoms with Crippen LogP contribution in [0, 0.1) is 5.82 Å². The van der Waals surface area contributed by atoms with Crippen molar-refractivity contribution in [1.82, 2.24) is 0 Å². The maximum absolute atomic E-state index is 14.2. The number of rotatable bonds is 0. The fourth-order valence-corrected chi connectivity index (χ4v) is 3.22. The number of fused-ring (bicyclic) bond motifs is 2. The van der Waals surface area contributed by atoms with Crippen molar-refractivity contribution in [1.29, 1.82) is 0 Å². The zero-order chi connectivity index (χ0) is 10.6. The summed E-state index contributed by atoms with van der Waals surface area (Å²) < 4.78 is 14.2. The van der Waals surface area contributed by atoms with E-state index in [0.717, 1.165) is 60.0 Å². The highest BCUT2D eigenvalue weighted by Crippen LogP contribution is 2.44. The van der Waals surface area contributed by atoms with E-state index in [1.54, 1.807) is 0 Å². The van der Waals surface area contributed by atoms with E-state index >= 15 is 0 Å². The quantitative estimate of drug-likeness (QED) is 0.647. The summed E-state index contributed by atoms with van der Waals surface area (Å²) in [5.41, 5.74) is 11.1. The van der Waals surface area contributed by atoms with Crippen LogP contribution in [0.5, 0.6) is 0 Å². The predicted octanol–water partition coefficient (Wildman–Crippen LogP) is 2.95. The van der Waals surface area contributed by atoms with Crippen LogP contribution in [-0.4, -0.2) is 0 Å². The number of anilines is 1. The Kier molecular flexibility index (Phi) is 1.82. The van der Waals surface area contributed by atoms with Crippen molar-refractivity contribution >= 4 is 5.69 Å². The largest absolute Gasteiger partial charge is 0.398 e. The van der Waals surface area contributed by atoms with Crippen LogP contribution in [0.2, 0.25) is 0 Å². The van der Waals surface area contributed by atoms with Gasteiger partial charge in [-0.2, -0.15) is 0 Å². The van der Waals surface area contributed by atoms with E-state index in [-0.39, 0.29) is 5.82 Å². The van der Waals surface area contributed by atoms with E-state index in [9.17, 15) is 4.39 Å². The van der Waals surface area contributed by atoms with Gasteiger partial charge in [0.25, 0.3) is 0 Å². The van der Waals surface area contributed by atoms with Gasteiger partial charge in [0.1, 0.15) is 5.82 Å². The zero-order valence-electron chi connectivity index (χ0n) is 9.07. The zero-order valence-corrected chi connectivity index (χ0v) is 9.07. The molecule has 1 nitrogen and oxygen atoms in total. The first kappa shape index (κ1) is 9.20. The summed E-state index contributed by atoms with van der Waals surface area (Å²) >= 11 is 0. The molecular formula is C13H16FN. The lowest BCUT2D eigenvalue weighted by Crippen LogP contribution is -2.05. The van der Waals surface area contributed by atoms with Crippen molar-refractivity contribution in [2.24, 2.45) is 0 Å². The van der Waals surface area contributed by atoms with Gasteiger partial charge in [0.2, 0.25) is 0 Å². The molecule has 2 aliphatic rings. The second-order valence-electron chi connectivity index (χ2n) is 4.87. The molecule has 2 heteroatoms. The third-order valence-electron chi connectivity index (χ3n) is 4.01. The van der Waals surface area contributed by atoms with Gasteiger partial charge in [0.05, 0.1) is 0 Å². The van der Waals surface area contributed by atoms with Gasteiger partial charge in [-0.25, -0.2) is 4.39 Å². The molecule has 1 unspecified atom stereocenters. The Bertz CT molecular complexity index is 437. The smallest absolute Gasteiger partial charge is 0.130 e. The van der Waals surface area contributed by atoms with Crippen LogP contribution >= 0.6 is 0 Å². The van der Waals surface area contributed by atoms with Gasteiger partial charge in [0.15, 0.2) is 0 Å². The summed E-state index contributed by atoms with van der Waals surface area (Å²) in [6.07, 6.45) is 4.85. The molecule has 0 amide bonds. The molecule has 0 heterocycles. The Hall–Kier alpha value is -1.05. The topological polar surface area (TPSA) is 26.0 Å². The molecular weight excluding hydrogens is 189 g/mol. The molecule has 2 aliphatic carbocycles. The minimum absolute atomic E-state index is 0.0658. The first-order valence-corrected chi connectivity index (χ1v) is 5.81. The van der Waals surface area contributed by atoms with E-state index in [1.165, 1.54) is 0 Å². The molecule has 0 radical (unpaired) electrons. The summed E-state index contributed by atoms with van der Waals surface area (Å²) in [5.74, 6) is 0.511. The fourth-order valence-electron chi connectivity index (χ4n) is 3.22. The van der Waals surface area contributed by atoms with E-state index in [0.29, 0.717) is 5.92 Å². The maximum atomic E-state index is 14.2. The van der Waals surface area contributed by atoms with E-state index in [2.05, 4.69) is 6.92 Å². The molecule has 0 aliphatic heterocycles. The highest BCUT2D eigenvalue weighted by Gasteiger charge is 2.30. The average molecular weight is 205 g/mol. The summed E-state index contributed by atoms with van der Waals surface area (Å²) in [5, 5.41) is 0. The number of hydrogen-bond acceptors (Lipinski definition) is 1. The molecule has 2 N–H and O–H groups in total. The van der Waals surface area contributed by atoms with Gasteiger partial charge in [-0.3, -0.25) is 0 Å². The molecule has 1 aromatic rings. The minimum atomic E-state index is 0.0658. The van der Waals surface area contributed by atoms with Crippen molar-refractivity contribution in [2.45, 2.75) is 44.9 Å². The number of benzene rings is 1. The van der Waals surface area contributed by atoms with Crippen molar-refractivity contribution in [3.8, 4) is 0 Å². The van der Waals surface area contributed by atoms with Crippen LogP contribution in [0.15, 0.2) is 0 Å². The number of halogens is 1. The Morgan fingerprint density at radius 3 is 2.67 bits per heavy atom. The Morgan fingerprint density at radius 2 is 1.87 bits per heavy atom. The Balaban J connectivity index is 2.33. The predicted molar refractivity (Wildman–Crippen MR) is 59.6 cm³/mol. The molecule has 0 fully saturated rings. The van der Waals surface area contributed by atoms with Crippen molar-refractivity contribution in [3.63, 3.8) is 0 Å². The normalized spacial score (nSPS) is 22.9. The van der Waals surface area contributed by atoms with Gasteiger partial charge in [0, 0.05) is 5.69 Å². The lowest BCUT2D eigenvalue weighted by Gasteiger charge is -2.14. The van der Waals surface area contributed by atoms with Gasteiger partial charge in [-0.05, 0) is 60.3 Å². The van der Waals surface area contributed by atoms with Crippen LogP contribution in [0.25, 0.3) is 0 Å². The molecule has 15 heavy (non-hydrogen) atoms. The molecule has 3 rings (SSSR count). The molecule has 1 aromatic carbocycles. The summed E-state index contributed by atoms with van der Waals surface area (Å²) in [6.45, 7) is 2.16. The molecule has 0 spiro atoms. The van der Waals surface area contributed by atoms with Crippen LogP contribution in [0.1, 0.15) is 47.9 Å². The SMILES string of the molecule is CC1CCc2c(F)c3c(c(N)c21)CCC3. The standard InChI is InChI=1S/C13H16FN/c1-7-5-6-10-11(7)13(15)9-4-2-3-8(9)12(10)14/h7H,2-6,15H2,1H3. The number of hydrogen-bond donors (Lipinski definition) is 1. The molecule has 1 atom stereocenters. The minimum Gasteiger partial charge on any atom is -0.398 e. The molecule has 0 bridgehead atoms. The Morgan fingerprint density at radius 1 is 1.13 bits per heavy atom. The third-order valence-corrected chi connectivity index (χ3v) is 4.01. The lowest BCUT2D eigenvalue weighted by atomic mass is 9.94. The monoisotopic (exact) mass is 205 g/mol. The molecule has 0 saturated carbocycles.